The van der Waals surface area contributed by atoms with Gasteiger partial charge < -0.3 is 20.3 Å². The first kappa shape index (κ1) is 23.7. The highest BCUT2D eigenvalue weighted by Crippen LogP contribution is 2.44. The molecule has 3 N–H and O–H groups in total. The van der Waals surface area contributed by atoms with E-state index < -0.39 is 34.5 Å². The van der Waals surface area contributed by atoms with Crippen LogP contribution in [0.4, 0.5) is 10.5 Å². The SMILES string of the molecule is CCc1cc(CC(NC(=O)OCC2c3ccccc3-c3ccccc32)C(=O)O)c(O)c([N+](=O)[O-])c1. The maximum absolute atomic E-state index is 12.5. The molecule has 4 rings (SSSR count). The summed E-state index contributed by atoms with van der Waals surface area (Å²) < 4.78 is 5.41. The number of hydrogen-bond acceptors (Lipinski definition) is 6. The van der Waals surface area contributed by atoms with Gasteiger partial charge in [0.1, 0.15) is 12.6 Å². The van der Waals surface area contributed by atoms with Gasteiger partial charge in [-0.1, -0.05) is 61.5 Å². The number of phenols is 1. The Morgan fingerprint density at radius 1 is 1.09 bits per heavy atom. The van der Waals surface area contributed by atoms with E-state index in [9.17, 15) is 29.9 Å². The van der Waals surface area contributed by atoms with Gasteiger partial charge in [0.25, 0.3) is 0 Å². The second kappa shape index (κ2) is 9.84. The molecule has 0 fully saturated rings. The summed E-state index contributed by atoms with van der Waals surface area (Å²) in [5, 5.41) is 33.5. The lowest BCUT2D eigenvalue weighted by Crippen LogP contribution is -2.43. The van der Waals surface area contributed by atoms with Gasteiger partial charge in [-0.25, -0.2) is 9.59 Å². The monoisotopic (exact) mass is 476 g/mol. The van der Waals surface area contributed by atoms with Gasteiger partial charge in [0.15, 0.2) is 5.75 Å². The number of hydrogen-bond donors (Lipinski definition) is 3. The molecule has 3 aromatic rings. The molecule has 0 saturated heterocycles. The molecule has 0 radical (unpaired) electrons. The first-order valence-corrected chi connectivity index (χ1v) is 11.1. The first-order chi connectivity index (χ1) is 16.8. The average Bonchev–Trinajstić information content (AvgIpc) is 3.17. The molecule has 9 heteroatoms. The van der Waals surface area contributed by atoms with Crippen LogP contribution in [-0.4, -0.2) is 39.8 Å². The normalized spacial score (nSPS) is 12.9. The number of alkyl carbamates (subject to hydrolysis) is 1. The summed E-state index contributed by atoms with van der Waals surface area (Å²) >= 11 is 0. The number of nitrogens with one attached hydrogen (secondary N) is 1. The highest BCUT2D eigenvalue weighted by atomic mass is 16.6. The summed E-state index contributed by atoms with van der Waals surface area (Å²) in [7, 11) is 0. The number of nitro benzene ring substituents is 1. The summed E-state index contributed by atoms with van der Waals surface area (Å²) in [6.45, 7) is 1.79. The smallest absolute Gasteiger partial charge is 0.407 e. The Kier molecular flexibility index (Phi) is 6.68. The highest BCUT2D eigenvalue weighted by Gasteiger charge is 2.30. The van der Waals surface area contributed by atoms with Crippen LogP contribution in [0.2, 0.25) is 0 Å². The molecule has 35 heavy (non-hydrogen) atoms. The van der Waals surface area contributed by atoms with Crippen LogP contribution in [0.3, 0.4) is 0 Å². The maximum atomic E-state index is 12.5. The van der Waals surface area contributed by atoms with E-state index in [1.165, 1.54) is 12.1 Å². The number of ether oxygens (including phenoxy) is 1. The quantitative estimate of drug-likeness (QED) is 0.323. The van der Waals surface area contributed by atoms with Crippen LogP contribution in [0.1, 0.15) is 35.1 Å². The third kappa shape index (κ3) is 4.79. The van der Waals surface area contributed by atoms with Gasteiger partial charge in [-0.15, -0.1) is 0 Å². The Hall–Kier alpha value is -4.40. The Balaban J connectivity index is 1.48. The van der Waals surface area contributed by atoms with E-state index >= 15 is 0 Å². The number of fused-ring (bicyclic) bond motifs is 3. The van der Waals surface area contributed by atoms with Crippen molar-refractivity contribution in [2.75, 3.05) is 6.61 Å². The molecule has 1 aliphatic rings. The summed E-state index contributed by atoms with van der Waals surface area (Å²) in [5.41, 5.74) is 4.28. The van der Waals surface area contributed by atoms with Crippen LogP contribution < -0.4 is 5.32 Å². The maximum Gasteiger partial charge on any atom is 0.407 e. The molecule has 1 aliphatic carbocycles. The molecule has 1 atom stereocenters. The number of nitrogens with zero attached hydrogens (tertiary/aromatic N) is 1. The largest absolute Gasteiger partial charge is 0.502 e. The first-order valence-electron chi connectivity index (χ1n) is 11.1. The lowest BCUT2D eigenvalue weighted by molar-refractivity contribution is -0.386. The molecule has 0 aliphatic heterocycles. The molecular weight excluding hydrogens is 452 g/mol. The standard InChI is InChI=1S/C26H24N2O7/c1-2-15-11-16(24(29)23(12-15)28(33)34)13-22(25(30)31)27-26(32)35-14-21-19-9-5-3-7-17(19)18-8-4-6-10-20(18)21/h3-12,21-22,29H,2,13-14H2,1H3,(H,27,32)(H,30,31). The summed E-state index contributed by atoms with van der Waals surface area (Å²) in [6.07, 6.45) is -0.828. The Labute approximate surface area is 201 Å². The van der Waals surface area contributed by atoms with Crippen LogP contribution >= 0.6 is 0 Å². The Bertz CT molecular complexity index is 1260. The van der Waals surface area contributed by atoms with Gasteiger partial charge in [-0.2, -0.15) is 0 Å². The zero-order chi connectivity index (χ0) is 25.1. The fourth-order valence-corrected chi connectivity index (χ4v) is 4.44. The molecule has 0 spiro atoms. The second-order valence-corrected chi connectivity index (χ2v) is 8.30. The van der Waals surface area contributed by atoms with Gasteiger partial charge in [0.2, 0.25) is 0 Å². The zero-order valence-corrected chi connectivity index (χ0v) is 18.9. The number of carbonyl (C=O) groups excluding carboxylic acids is 1. The number of carboxylic acids is 1. The van der Waals surface area contributed by atoms with Crippen LogP contribution in [-0.2, 0) is 22.4 Å². The number of carboxylic acid groups (broad SMARTS) is 1. The number of aromatic hydroxyl groups is 1. The number of aliphatic carboxylic acids is 1. The van der Waals surface area contributed by atoms with Crippen LogP contribution in [0.25, 0.3) is 11.1 Å². The number of aryl methyl sites for hydroxylation is 1. The molecular formula is C26H24N2O7. The van der Waals surface area contributed by atoms with Crippen molar-refractivity contribution >= 4 is 17.7 Å². The summed E-state index contributed by atoms with van der Waals surface area (Å²) in [6, 6.07) is 16.9. The van der Waals surface area contributed by atoms with Crippen LogP contribution in [0.15, 0.2) is 60.7 Å². The van der Waals surface area contributed by atoms with Crippen molar-refractivity contribution in [2.24, 2.45) is 0 Å². The number of amides is 1. The molecule has 0 heterocycles. The third-order valence-corrected chi connectivity index (χ3v) is 6.19. The van der Waals surface area contributed by atoms with Crippen molar-refractivity contribution in [3.05, 3.63) is 93.0 Å². The number of benzene rings is 3. The third-order valence-electron chi connectivity index (χ3n) is 6.19. The predicted molar refractivity (Wildman–Crippen MR) is 127 cm³/mol. The molecule has 180 valence electrons. The molecule has 0 aromatic heterocycles. The van der Waals surface area contributed by atoms with Gasteiger partial charge in [0.05, 0.1) is 4.92 Å². The predicted octanol–water partition coefficient (Wildman–Crippen LogP) is 4.40. The van der Waals surface area contributed by atoms with Crippen molar-refractivity contribution in [2.45, 2.75) is 31.7 Å². The van der Waals surface area contributed by atoms with Crippen molar-refractivity contribution in [1.29, 1.82) is 0 Å². The van der Waals surface area contributed by atoms with Gasteiger partial charge in [0, 0.05) is 24.0 Å². The van der Waals surface area contributed by atoms with Crippen molar-refractivity contribution in [3.8, 4) is 16.9 Å². The lowest BCUT2D eigenvalue weighted by Gasteiger charge is -2.18. The van der Waals surface area contributed by atoms with Crippen molar-refractivity contribution in [3.63, 3.8) is 0 Å². The zero-order valence-electron chi connectivity index (χ0n) is 18.9. The number of rotatable bonds is 8. The number of carbonyl (C=O) groups is 2. The van der Waals surface area contributed by atoms with Gasteiger partial charge in [-0.05, 0) is 34.2 Å². The summed E-state index contributed by atoms with van der Waals surface area (Å²) in [5.74, 6) is -2.17. The molecule has 3 aromatic carbocycles. The van der Waals surface area contributed by atoms with E-state index in [0.29, 0.717) is 12.0 Å². The van der Waals surface area contributed by atoms with E-state index in [1.54, 1.807) is 6.92 Å². The van der Waals surface area contributed by atoms with E-state index in [2.05, 4.69) is 5.32 Å². The van der Waals surface area contributed by atoms with Crippen LogP contribution in [0, 0.1) is 10.1 Å². The minimum Gasteiger partial charge on any atom is -0.502 e. The number of nitro groups is 1. The summed E-state index contributed by atoms with van der Waals surface area (Å²) in [4.78, 5) is 34.9. The fraction of sp³-hybridized carbons (Fsp3) is 0.231. The van der Waals surface area contributed by atoms with E-state index in [4.69, 9.17) is 4.74 Å². The number of phenolic OH excluding ortho intramolecular Hbond substituents is 1. The Morgan fingerprint density at radius 2 is 1.69 bits per heavy atom. The Morgan fingerprint density at radius 3 is 2.23 bits per heavy atom. The molecule has 1 amide bonds. The molecule has 0 saturated carbocycles. The highest BCUT2D eigenvalue weighted by molar-refractivity contribution is 5.81. The second-order valence-electron chi connectivity index (χ2n) is 8.30. The van der Waals surface area contributed by atoms with Crippen LogP contribution in [0.5, 0.6) is 5.75 Å². The lowest BCUT2D eigenvalue weighted by atomic mass is 9.98. The minimum absolute atomic E-state index is 0.00818. The van der Waals surface area contributed by atoms with Crippen molar-refractivity contribution in [1.82, 2.24) is 5.32 Å². The van der Waals surface area contributed by atoms with Crippen molar-refractivity contribution < 1.29 is 29.5 Å². The average molecular weight is 476 g/mol. The van der Waals surface area contributed by atoms with E-state index in [-0.39, 0.29) is 24.5 Å². The molecule has 1 unspecified atom stereocenters. The van der Waals surface area contributed by atoms with Gasteiger partial charge >= 0.3 is 17.7 Å². The fourth-order valence-electron chi connectivity index (χ4n) is 4.44. The van der Waals surface area contributed by atoms with Gasteiger partial charge in [-0.3, -0.25) is 10.1 Å². The molecule has 9 nitrogen and oxygen atoms in total. The topological polar surface area (TPSA) is 139 Å². The molecule has 0 bridgehead atoms. The van der Waals surface area contributed by atoms with E-state index in [1.807, 2.05) is 48.5 Å². The van der Waals surface area contributed by atoms with E-state index in [0.717, 1.165) is 22.3 Å². The minimum atomic E-state index is -1.46.